The van der Waals surface area contributed by atoms with Crippen molar-refractivity contribution in [1.82, 2.24) is 4.90 Å². The summed E-state index contributed by atoms with van der Waals surface area (Å²) in [4.78, 5) is 25.6. The van der Waals surface area contributed by atoms with Crippen molar-refractivity contribution >= 4 is 25.7 Å². The average molecular weight is 319 g/mol. The quantitative estimate of drug-likeness (QED) is 0.639. The summed E-state index contributed by atoms with van der Waals surface area (Å²) < 4.78 is 5.36. The molecule has 2 aromatic rings. The summed E-state index contributed by atoms with van der Waals surface area (Å²) in [5, 5.41) is 0. The fourth-order valence-corrected chi connectivity index (χ4v) is 3.05. The molecule has 0 N–H and O–H groups in total. The van der Waals surface area contributed by atoms with Crippen molar-refractivity contribution in [3.05, 3.63) is 65.7 Å². The Bertz CT molecular complexity index is 734. The van der Waals surface area contributed by atoms with E-state index in [9.17, 15) is 9.59 Å². The van der Waals surface area contributed by atoms with Gasteiger partial charge in [-0.25, -0.2) is 4.79 Å². The molecule has 24 heavy (non-hydrogen) atoms. The highest BCUT2D eigenvalue weighted by Gasteiger charge is 2.42. The number of amides is 1. The number of benzene rings is 2. The van der Waals surface area contributed by atoms with Gasteiger partial charge in [0.1, 0.15) is 20.7 Å². The highest BCUT2D eigenvalue weighted by atomic mass is 16.6. The maximum Gasteiger partial charge on any atom is 0.410 e. The summed E-state index contributed by atoms with van der Waals surface area (Å²) in [6.45, 7) is 1.03. The molecule has 2 aromatic carbocycles. The number of hydrogen-bond donors (Lipinski definition) is 0. The fourth-order valence-electron chi connectivity index (χ4n) is 3.05. The van der Waals surface area contributed by atoms with Gasteiger partial charge in [0, 0.05) is 13.1 Å². The normalized spacial score (nSPS) is 19.9. The monoisotopic (exact) mass is 319 g/mol. The molecule has 0 aromatic heterocycles. The van der Waals surface area contributed by atoms with Crippen LogP contribution in [0.1, 0.15) is 17.5 Å². The number of ether oxygens (including phenoxy) is 1. The molecule has 0 aliphatic carbocycles. The lowest BCUT2D eigenvalue weighted by atomic mass is 9.79. The Kier molecular flexibility index (Phi) is 4.70. The molecule has 3 rings (SSSR count). The fraction of sp³-hybridized carbons (Fsp3) is 0.263. The third-order valence-electron chi connectivity index (χ3n) is 4.45. The molecule has 120 valence electrons. The maximum atomic E-state index is 12.3. The number of hydrogen-bond acceptors (Lipinski definition) is 3. The van der Waals surface area contributed by atoms with Crippen molar-refractivity contribution < 1.29 is 14.3 Å². The van der Waals surface area contributed by atoms with E-state index in [4.69, 9.17) is 12.6 Å². The standard InChI is InChI=1S/C19H18BNO3/c20-17-8-4-7-16(11-17)19(14-22)9-10-21(13-19)18(23)24-12-15-5-2-1-3-6-15/h1-8,11,14H,9-10,12-13H2. The molecule has 1 fully saturated rings. The first-order valence-corrected chi connectivity index (χ1v) is 7.91. The van der Waals surface area contributed by atoms with Crippen LogP contribution in [0.2, 0.25) is 0 Å². The molecule has 0 saturated carbocycles. The predicted molar refractivity (Wildman–Crippen MR) is 92.4 cm³/mol. The summed E-state index contributed by atoms with van der Waals surface area (Å²) >= 11 is 0. The second-order valence-electron chi connectivity index (χ2n) is 6.11. The van der Waals surface area contributed by atoms with Gasteiger partial charge in [0.15, 0.2) is 0 Å². The number of likely N-dealkylation sites (tertiary alicyclic amines) is 1. The third-order valence-corrected chi connectivity index (χ3v) is 4.45. The molecule has 0 spiro atoms. The van der Waals surface area contributed by atoms with Gasteiger partial charge in [-0.05, 0) is 17.5 Å². The van der Waals surface area contributed by atoms with E-state index in [-0.39, 0.29) is 6.61 Å². The van der Waals surface area contributed by atoms with Crippen LogP contribution in [0, 0.1) is 0 Å². The van der Waals surface area contributed by atoms with Crippen LogP contribution in [0.5, 0.6) is 0 Å². The van der Waals surface area contributed by atoms with Crippen LogP contribution >= 0.6 is 0 Å². The van der Waals surface area contributed by atoms with Crippen LogP contribution in [0.3, 0.4) is 0 Å². The van der Waals surface area contributed by atoms with E-state index < -0.39 is 11.5 Å². The number of rotatable bonds is 4. The van der Waals surface area contributed by atoms with Crippen molar-refractivity contribution in [2.45, 2.75) is 18.4 Å². The SMILES string of the molecule is [B]c1cccc(C2(C=O)CCN(C(=O)OCc3ccccc3)C2)c1. The lowest BCUT2D eigenvalue weighted by molar-refractivity contribution is -0.112. The Morgan fingerprint density at radius 2 is 2.00 bits per heavy atom. The highest BCUT2D eigenvalue weighted by Crippen LogP contribution is 2.32. The van der Waals surface area contributed by atoms with E-state index >= 15 is 0 Å². The summed E-state index contributed by atoms with van der Waals surface area (Å²) in [6, 6.07) is 16.8. The maximum absolute atomic E-state index is 12.3. The first kappa shape index (κ1) is 16.3. The van der Waals surface area contributed by atoms with Gasteiger partial charge in [-0.15, -0.1) is 0 Å². The van der Waals surface area contributed by atoms with Crippen LogP contribution in [-0.2, 0) is 21.6 Å². The lowest BCUT2D eigenvalue weighted by Gasteiger charge is -2.24. The van der Waals surface area contributed by atoms with Gasteiger partial charge in [0.2, 0.25) is 0 Å². The summed E-state index contributed by atoms with van der Waals surface area (Å²) in [5.41, 5.74) is 1.68. The van der Waals surface area contributed by atoms with Crippen LogP contribution in [0.15, 0.2) is 54.6 Å². The minimum absolute atomic E-state index is 0.225. The molecule has 4 nitrogen and oxygen atoms in total. The molecule has 5 heteroatoms. The van der Waals surface area contributed by atoms with E-state index in [1.807, 2.05) is 42.5 Å². The van der Waals surface area contributed by atoms with Crippen LogP contribution in [0.4, 0.5) is 4.79 Å². The minimum atomic E-state index is -0.707. The summed E-state index contributed by atoms with van der Waals surface area (Å²) in [5.74, 6) is 0. The first-order valence-electron chi connectivity index (χ1n) is 7.91. The van der Waals surface area contributed by atoms with Crippen molar-refractivity contribution in [3.63, 3.8) is 0 Å². The van der Waals surface area contributed by atoms with Gasteiger partial charge in [0.05, 0.1) is 5.41 Å². The Morgan fingerprint density at radius 3 is 2.71 bits per heavy atom. The van der Waals surface area contributed by atoms with Crippen molar-refractivity contribution in [1.29, 1.82) is 0 Å². The third kappa shape index (κ3) is 3.35. The van der Waals surface area contributed by atoms with Gasteiger partial charge >= 0.3 is 6.09 Å². The van der Waals surface area contributed by atoms with E-state index in [1.165, 1.54) is 0 Å². The van der Waals surface area contributed by atoms with Crippen LogP contribution in [0.25, 0.3) is 0 Å². The summed E-state index contributed by atoms with van der Waals surface area (Å²) in [7, 11) is 5.83. The Balaban J connectivity index is 1.67. The largest absolute Gasteiger partial charge is 0.445 e. The number of carbonyl (C=O) groups is 2. The number of aldehydes is 1. The van der Waals surface area contributed by atoms with E-state index in [0.717, 1.165) is 17.4 Å². The molecule has 1 unspecified atom stereocenters. The van der Waals surface area contributed by atoms with E-state index in [0.29, 0.717) is 25.0 Å². The second kappa shape index (κ2) is 6.91. The lowest BCUT2D eigenvalue weighted by Crippen LogP contribution is -2.36. The average Bonchev–Trinajstić information content (AvgIpc) is 3.07. The first-order chi connectivity index (χ1) is 11.6. The van der Waals surface area contributed by atoms with E-state index in [2.05, 4.69) is 0 Å². The van der Waals surface area contributed by atoms with Crippen LogP contribution in [-0.4, -0.2) is 38.2 Å². The zero-order chi connectivity index (χ0) is 17.0. The zero-order valence-electron chi connectivity index (χ0n) is 13.4. The Labute approximate surface area is 142 Å². The van der Waals surface area contributed by atoms with Gasteiger partial charge in [-0.1, -0.05) is 60.1 Å². The molecule has 1 heterocycles. The van der Waals surface area contributed by atoms with Crippen molar-refractivity contribution in [3.8, 4) is 0 Å². The molecule has 0 bridgehead atoms. The molecule has 1 amide bonds. The highest BCUT2D eigenvalue weighted by molar-refractivity contribution is 6.32. The molecular formula is C19H18BNO3. The van der Waals surface area contributed by atoms with E-state index in [1.54, 1.807) is 17.0 Å². The topological polar surface area (TPSA) is 46.6 Å². The van der Waals surface area contributed by atoms with Gasteiger partial charge in [0.25, 0.3) is 0 Å². The predicted octanol–water partition coefficient (Wildman–Crippen LogP) is 1.96. The summed E-state index contributed by atoms with van der Waals surface area (Å²) in [6.07, 6.45) is 1.10. The Morgan fingerprint density at radius 1 is 1.21 bits per heavy atom. The molecular weight excluding hydrogens is 301 g/mol. The van der Waals surface area contributed by atoms with Crippen molar-refractivity contribution in [2.24, 2.45) is 0 Å². The molecule has 1 saturated heterocycles. The second-order valence-corrected chi connectivity index (χ2v) is 6.11. The number of carbonyl (C=O) groups excluding carboxylic acids is 2. The minimum Gasteiger partial charge on any atom is -0.445 e. The van der Waals surface area contributed by atoms with Crippen LogP contribution < -0.4 is 5.46 Å². The van der Waals surface area contributed by atoms with Gasteiger partial charge < -0.3 is 14.4 Å². The molecule has 2 radical (unpaired) electrons. The Hall–Kier alpha value is -2.56. The smallest absolute Gasteiger partial charge is 0.410 e. The zero-order valence-corrected chi connectivity index (χ0v) is 13.4. The molecule has 1 atom stereocenters. The molecule has 1 aliphatic heterocycles. The van der Waals surface area contributed by atoms with Crippen molar-refractivity contribution in [2.75, 3.05) is 13.1 Å². The van der Waals surface area contributed by atoms with Gasteiger partial charge in [-0.3, -0.25) is 0 Å². The van der Waals surface area contributed by atoms with Gasteiger partial charge in [-0.2, -0.15) is 0 Å². The number of nitrogens with zero attached hydrogens (tertiary/aromatic N) is 1. The molecule has 1 aliphatic rings.